The summed E-state index contributed by atoms with van der Waals surface area (Å²) in [5.74, 6) is -2.12. The van der Waals surface area contributed by atoms with E-state index in [-0.39, 0.29) is 49.0 Å². The number of fused-ring (bicyclic) bond motifs is 5. The summed E-state index contributed by atoms with van der Waals surface area (Å²) >= 11 is 42.0. The molecule has 3 aliphatic rings. The van der Waals surface area contributed by atoms with Gasteiger partial charge in [0.15, 0.2) is 25.4 Å². The number of allylic oxidation sites excluding steroid dienone is 1. The van der Waals surface area contributed by atoms with Crippen LogP contribution in [0, 0.1) is 31.6 Å². The van der Waals surface area contributed by atoms with E-state index in [1.807, 2.05) is 76.2 Å². The number of thiazole rings is 5. The van der Waals surface area contributed by atoms with Gasteiger partial charge in [0.2, 0.25) is 5.78 Å². The summed E-state index contributed by atoms with van der Waals surface area (Å²) in [6.45, 7) is 17.9. The number of carbonyl (C=O) groups is 7. The maximum Gasteiger partial charge on any atom is 0.379 e. The van der Waals surface area contributed by atoms with Crippen LogP contribution in [0.15, 0.2) is 128 Å². The van der Waals surface area contributed by atoms with Crippen LogP contribution in [0.1, 0.15) is 129 Å². The first-order valence-electron chi connectivity index (χ1n) is 32.3. The summed E-state index contributed by atoms with van der Waals surface area (Å²) < 4.78 is 25.6. The molecular formula is C74H65Br5Cl3N5O12S5. The largest absolute Gasteiger partial charge is 0.466 e. The highest BCUT2D eigenvalue weighted by Crippen LogP contribution is 2.50. The molecule has 0 radical (unpaired) electrons. The van der Waals surface area contributed by atoms with E-state index in [0.29, 0.717) is 103 Å². The minimum Gasteiger partial charge on any atom is -0.466 e. The van der Waals surface area contributed by atoms with Gasteiger partial charge in [-0.3, -0.25) is 19.2 Å². The van der Waals surface area contributed by atoms with E-state index < -0.39 is 29.3 Å². The molecule has 0 saturated carbocycles. The SMILES string of the molecule is CC1CC(=O)c2sc(Br)nc2C1.CCOC(=O)/C=C1/C(=O)c2sc(Br)nc2CC1C.CCOC(=O)/C=C1\C(C)Cc2nc(Br)sc2C1(O)c1ccc(Cl)cc1.CCOC(=O)C(=O)c1c(C)cc2nc(Br)sc2c1-c1ccc(Cl)cc1.CCOC(=O)Cc1c(C)cc2nc(Br)sc2c1-c1ccc(Cl)cc1. The lowest BCUT2D eigenvalue weighted by Gasteiger charge is -2.38. The normalized spacial score (nSPS) is 17.2. The lowest BCUT2D eigenvalue weighted by atomic mass is 9.72. The number of ether oxygens (including phenoxy) is 4. The fraction of sp³-hybridized carbons (Fsp3) is 0.297. The van der Waals surface area contributed by atoms with Gasteiger partial charge < -0.3 is 24.1 Å². The number of hydrogen-bond donors (Lipinski definition) is 1. The second-order valence-corrected chi connectivity index (χ2v) is 36.5. The van der Waals surface area contributed by atoms with Gasteiger partial charge in [-0.15, -0.1) is 56.7 Å². The number of Topliss-reactive ketones (excluding diaryl/α,β-unsaturated/α-hetero) is 3. The van der Waals surface area contributed by atoms with Gasteiger partial charge in [-0.2, -0.15) is 0 Å². The Morgan fingerprint density at radius 3 is 1.57 bits per heavy atom. The molecule has 17 nitrogen and oxygen atoms in total. The van der Waals surface area contributed by atoms with Crippen molar-refractivity contribution in [2.24, 2.45) is 17.8 Å². The number of ketones is 3. The standard InChI is InChI=1S/C18H17BrClNO3S.C18H13BrClNO3S.C18H15BrClNO2S.C12H12BrNO3S.C8H8BrNOS/c1-3-24-15(22)9-13-10(2)8-14-16(25-17(19)21-14)18(13,23)11-4-6-12(20)7-5-11;1-3-24-17(23)15(22)13-9(2)8-12-16(25-18(19)21-12)14(13)10-4-6-11(20)7-5-10;1-3-23-15(22)9-13-10(2)8-14-17(24-18(19)21-14)16(13)11-4-6-12(20)7-5-11;1-3-17-9(15)5-7-6(2)4-8-11(10(7)16)18-12(13)14-8;1-4-2-5-7(6(11)3-4)12-8(9)10-5/h4-7,9-10,23H,3,8H2,1-2H3;4-8H,3H2,1-2H3;4-8H,3,9H2,1-2H3;5-6H,3-4H2,1-2H3;4H,2-3H2,1H3/b13-9+;;;7-5+;. The zero-order chi connectivity index (χ0) is 75.6. The molecule has 4 atom stereocenters. The highest BCUT2D eigenvalue weighted by Gasteiger charge is 2.46. The number of halogens is 8. The van der Waals surface area contributed by atoms with Crippen LogP contribution in [0.4, 0.5) is 0 Å². The lowest BCUT2D eigenvalue weighted by molar-refractivity contribution is -0.142. The van der Waals surface area contributed by atoms with Crippen molar-refractivity contribution in [1.29, 1.82) is 0 Å². The summed E-state index contributed by atoms with van der Waals surface area (Å²) in [6, 6.07) is 25.6. The molecule has 30 heteroatoms. The minimum atomic E-state index is -1.44. The number of rotatable bonds is 13. The van der Waals surface area contributed by atoms with Crippen molar-refractivity contribution >= 4 is 233 Å². The molecule has 10 aromatic rings. The average Bonchev–Trinajstić information content (AvgIpc) is 1.50. The van der Waals surface area contributed by atoms with Crippen molar-refractivity contribution in [2.75, 3.05) is 26.4 Å². The van der Waals surface area contributed by atoms with Gasteiger partial charge in [0.1, 0.15) is 5.60 Å². The van der Waals surface area contributed by atoms with E-state index in [2.05, 4.69) is 111 Å². The molecule has 0 saturated heterocycles. The van der Waals surface area contributed by atoms with Crippen molar-refractivity contribution in [3.05, 3.63) is 202 Å². The fourth-order valence-corrected chi connectivity index (χ4v) is 20.0. The number of benzene rings is 5. The van der Waals surface area contributed by atoms with E-state index in [4.69, 9.17) is 53.8 Å². The number of aryl methyl sites for hydroxylation is 2. The highest BCUT2D eigenvalue weighted by molar-refractivity contribution is 9.11. The van der Waals surface area contributed by atoms with E-state index in [1.165, 1.54) is 57.5 Å². The van der Waals surface area contributed by atoms with Gasteiger partial charge in [0, 0.05) is 55.9 Å². The third kappa shape index (κ3) is 19.8. The monoisotopic (exact) mass is 1870 g/mol. The second-order valence-electron chi connectivity index (χ2n) is 23.8. The molecule has 104 heavy (non-hydrogen) atoms. The first kappa shape index (κ1) is 82.4. The smallest absolute Gasteiger partial charge is 0.379 e. The summed E-state index contributed by atoms with van der Waals surface area (Å²) in [5.41, 5.74) is 11.2. The van der Waals surface area contributed by atoms with Crippen LogP contribution in [-0.2, 0) is 69.4 Å². The van der Waals surface area contributed by atoms with Crippen LogP contribution in [-0.4, -0.2) is 97.7 Å². The zero-order valence-corrected chi connectivity index (χ0v) is 71.4. The molecule has 13 rings (SSSR count). The van der Waals surface area contributed by atoms with Crippen molar-refractivity contribution in [2.45, 2.75) is 100 Å². The molecule has 4 unspecified atom stereocenters. The predicted molar refractivity (Wildman–Crippen MR) is 432 cm³/mol. The molecule has 0 amide bonds. The average molecular weight is 1880 g/mol. The Balaban J connectivity index is 0.000000154. The number of aliphatic hydroxyl groups is 1. The molecule has 0 bridgehead atoms. The van der Waals surface area contributed by atoms with E-state index in [9.17, 15) is 38.7 Å². The number of aromatic nitrogens is 5. The molecule has 544 valence electrons. The van der Waals surface area contributed by atoms with Crippen LogP contribution in [0.5, 0.6) is 0 Å². The van der Waals surface area contributed by atoms with Crippen LogP contribution in [0.25, 0.3) is 42.7 Å². The van der Waals surface area contributed by atoms with Crippen molar-refractivity contribution in [3.8, 4) is 22.3 Å². The molecule has 0 spiro atoms. The van der Waals surface area contributed by atoms with Crippen LogP contribution >= 0.6 is 171 Å². The summed E-state index contributed by atoms with van der Waals surface area (Å²) in [4.78, 5) is 108. The lowest BCUT2D eigenvalue weighted by Crippen LogP contribution is -2.38. The zero-order valence-electron chi connectivity index (χ0n) is 57.1. The quantitative estimate of drug-likeness (QED) is 0.0371. The Hall–Kier alpha value is -5.63. The second kappa shape index (κ2) is 37.0. The molecule has 0 fully saturated rings. The summed E-state index contributed by atoms with van der Waals surface area (Å²) in [7, 11) is 0. The molecule has 3 aliphatic carbocycles. The first-order chi connectivity index (χ1) is 49.5. The molecule has 5 aromatic heterocycles. The third-order valence-corrected chi connectivity index (χ3v) is 25.0. The number of nitrogens with zero attached hydrogens (tertiary/aromatic N) is 5. The van der Waals surface area contributed by atoms with Crippen molar-refractivity contribution in [1.82, 2.24) is 24.9 Å². The van der Waals surface area contributed by atoms with Crippen molar-refractivity contribution < 1.29 is 57.6 Å². The fourth-order valence-electron chi connectivity index (χ4n) is 11.9. The van der Waals surface area contributed by atoms with Gasteiger partial charge in [-0.25, -0.2) is 39.3 Å². The Kier molecular flexibility index (Phi) is 29.3. The Morgan fingerprint density at radius 1 is 0.548 bits per heavy atom. The third-order valence-electron chi connectivity index (χ3n) is 16.4. The van der Waals surface area contributed by atoms with Gasteiger partial charge >= 0.3 is 23.9 Å². The number of esters is 4. The van der Waals surface area contributed by atoms with Crippen LogP contribution in [0.3, 0.4) is 0 Å². The maximum absolute atomic E-state index is 12.7. The molecule has 1 N–H and O–H groups in total. The Morgan fingerprint density at radius 2 is 1.01 bits per heavy atom. The molecule has 0 aliphatic heterocycles. The van der Waals surface area contributed by atoms with Gasteiger partial charge in [-0.1, -0.05) is 92.0 Å². The minimum absolute atomic E-state index is 0.0107. The van der Waals surface area contributed by atoms with Crippen LogP contribution in [0.2, 0.25) is 15.1 Å². The van der Waals surface area contributed by atoms with Crippen LogP contribution < -0.4 is 0 Å². The summed E-state index contributed by atoms with van der Waals surface area (Å²) in [6.07, 6.45) is 5.92. The topological polar surface area (TPSA) is 241 Å². The first-order valence-corrected chi connectivity index (χ1v) is 41.5. The molecule has 5 heterocycles. The maximum atomic E-state index is 12.7. The molecular weight excluding hydrogens is 1820 g/mol. The Bertz CT molecular complexity index is 4980. The predicted octanol–water partition coefficient (Wildman–Crippen LogP) is 21.1. The Labute approximate surface area is 677 Å². The summed E-state index contributed by atoms with van der Waals surface area (Å²) in [5, 5.41) is 13.6. The number of carbonyl (C=O) groups excluding carboxylic acids is 7. The van der Waals surface area contributed by atoms with E-state index in [1.54, 1.807) is 75.4 Å². The highest BCUT2D eigenvalue weighted by atomic mass is 79.9. The van der Waals surface area contributed by atoms with Gasteiger partial charge in [0.25, 0.3) is 5.78 Å². The van der Waals surface area contributed by atoms with Crippen molar-refractivity contribution in [3.63, 3.8) is 0 Å². The van der Waals surface area contributed by atoms with E-state index >= 15 is 0 Å². The molecule has 5 aromatic carbocycles. The van der Waals surface area contributed by atoms with Gasteiger partial charge in [0.05, 0.1) is 85.0 Å². The number of hydrogen-bond acceptors (Lipinski definition) is 22. The van der Waals surface area contributed by atoms with E-state index in [0.717, 1.165) is 89.3 Å². The van der Waals surface area contributed by atoms with Gasteiger partial charge in [-0.05, 0) is 246 Å².